The largest absolute Gasteiger partial charge is 0.459 e. The van der Waals surface area contributed by atoms with Crippen LogP contribution >= 0.6 is 0 Å². The van der Waals surface area contributed by atoms with Crippen LogP contribution in [0.15, 0.2) is 47.1 Å². The maximum atomic E-state index is 13.2. The fourth-order valence-corrected chi connectivity index (χ4v) is 3.21. The van der Waals surface area contributed by atoms with Gasteiger partial charge in [-0.3, -0.25) is 14.4 Å². The van der Waals surface area contributed by atoms with Crippen molar-refractivity contribution in [3.05, 3.63) is 54.2 Å². The number of anilines is 1. The number of benzene rings is 1. The molecule has 0 saturated carbocycles. The lowest BCUT2D eigenvalue weighted by Crippen LogP contribution is -2.55. The Hall–Kier alpha value is -2.96. The second-order valence-electron chi connectivity index (χ2n) is 7.08. The van der Waals surface area contributed by atoms with Crippen molar-refractivity contribution in [1.29, 1.82) is 0 Å². The van der Waals surface area contributed by atoms with Crippen LogP contribution in [-0.2, 0) is 9.59 Å². The first-order valence-corrected chi connectivity index (χ1v) is 8.76. The van der Waals surface area contributed by atoms with Crippen molar-refractivity contribution in [2.75, 3.05) is 4.90 Å². The molecule has 1 aliphatic rings. The fourth-order valence-electron chi connectivity index (χ4n) is 3.21. The lowest BCUT2D eigenvalue weighted by atomic mass is 9.95. The monoisotopic (exact) mass is 372 g/mol. The Kier molecular flexibility index (Phi) is 4.87. The summed E-state index contributed by atoms with van der Waals surface area (Å²) < 4.78 is 18.4. The molecule has 6 nitrogen and oxygen atoms in total. The Morgan fingerprint density at radius 1 is 1.26 bits per heavy atom. The number of halogens is 1. The van der Waals surface area contributed by atoms with Crippen LogP contribution in [0.5, 0.6) is 0 Å². The van der Waals surface area contributed by atoms with Crippen molar-refractivity contribution >= 4 is 23.4 Å². The van der Waals surface area contributed by atoms with Gasteiger partial charge in [-0.15, -0.1) is 0 Å². The lowest BCUT2D eigenvalue weighted by molar-refractivity contribution is -0.123. The van der Waals surface area contributed by atoms with E-state index in [2.05, 4.69) is 0 Å². The van der Waals surface area contributed by atoms with Crippen LogP contribution in [0, 0.1) is 5.82 Å². The van der Waals surface area contributed by atoms with E-state index in [0.29, 0.717) is 6.42 Å². The van der Waals surface area contributed by atoms with Gasteiger partial charge in [0.2, 0.25) is 5.91 Å². The normalized spacial score (nSPS) is 17.5. The molecule has 3 amide bonds. The van der Waals surface area contributed by atoms with E-state index in [9.17, 15) is 18.8 Å². The van der Waals surface area contributed by atoms with E-state index in [1.807, 2.05) is 20.8 Å². The molecular weight excluding hydrogens is 351 g/mol. The van der Waals surface area contributed by atoms with Gasteiger partial charge in [0.25, 0.3) is 11.8 Å². The van der Waals surface area contributed by atoms with Crippen molar-refractivity contribution in [2.24, 2.45) is 0 Å². The summed E-state index contributed by atoms with van der Waals surface area (Å²) >= 11 is 0. The second-order valence-corrected chi connectivity index (χ2v) is 7.08. The predicted octanol–water partition coefficient (Wildman–Crippen LogP) is 3.38. The van der Waals surface area contributed by atoms with Crippen LogP contribution in [0.4, 0.5) is 10.1 Å². The van der Waals surface area contributed by atoms with Crippen molar-refractivity contribution < 1.29 is 23.2 Å². The van der Waals surface area contributed by atoms with Gasteiger partial charge < -0.3 is 9.32 Å². The topological polar surface area (TPSA) is 70.8 Å². The summed E-state index contributed by atoms with van der Waals surface area (Å²) in [4.78, 5) is 41.1. The molecule has 2 heterocycles. The van der Waals surface area contributed by atoms with Gasteiger partial charge in [0.15, 0.2) is 5.76 Å². The molecule has 0 N–H and O–H groups in total. The molecule has 27 heavy (non-hydrogen) atoms. The Morgan fingerprint density at radius 2 is 1.93 bits per heavy atom. The summed E-state index contributed by atoms with van der Waals surface area (Å²) in [7, 11) is 0. The maximum absolute atomic E-state index is 13.2. The number of hydrogen-bond acceptors (Lipinski definition) is 4. The van der Waals surface area contributed by atoms with Gasteiger partial charge in [-0.2, -0.15) is 0 Å². The maximum Gasteiger partial charge on any atom is 0.290 e. The van der Waals surface area contributed by atoms with Crippen LogP contribution in [0.1, 0.15) is 44.2 Å². The minimum absolute atomic E-state index is 0.108. The Morgan fingerprint density at radius 3 is 2.48 bits per heavy atom. The average molecular weight is 372 g/mol. The molecule has 1 saturated heterocycles. The zero-order chi connectivity index (χ0) is 19.8. The number of carbonyl (C=O) groups is 3. The molecule has 7 heteroatoms. The number of hydrogen-bond donors (Lipinski definition) is 0. The summed E-state index contributed by atoms with van der Waals surface area (Å²) in [6.45, 7) is 5.58. The molecule has 0 bridgehead atoms. The summed E-state index contributed by atoms with van der Waals surface area (Å²) in [5.74, 6) is -1.74. The third-order valence-electron chi connectivity index (χ3n) is 4.99. The minimum atomic E-state index is -0.949. The Labute approximate surface area is 156 Å². The molecule has 1 aromatic heterocycles. The average Bonchev–Trinajstić information content (AvgIpc) is 3.25. The van der Waals surface area contributed by atoms with E-state index in [-0.39, 0.29) is 17.9 Å². The number of carbonyl (C=O) groups excluding carboxylic acids is 3. The van der Waals surface area contributed by atoms with Crippen molar-refractivity contribution in [1.82, 2.24) is 4.90 Å². The SMILES string of the molecule is CCC(C)(C)N(C(=O)c1ccco1)C1CC(=O)N(c2ccc(F)cc2)C1=O. The summed E-state index contributed by atoms with van der Waals surface area (Å²) in [5, 5.41) is 0. The fraction of sp³-hybridized carbons (Fsp3) is 0.350. The van der Waals surface area contributed by atoms with E-state index < -0.39 is 35.1 Å². The van der Waals surface area contributed by atoms with Crippen LogP contribution < -0.4 is 4.90 Å². The molecule has 142 valence electrons. The van der Waals surface area contributed by atoms with Gasteiger partial charge in [0, 0.05) is 5.54 Å². The molecular formula is C20H21FN2O4. The first-order valence-electron chi connectivity index (χ1n) is 8.76. The summed E-state index contributed by atoms with van der Waals surface area (Å²) in [6, 6.07) is 7.29. The number of nitrogens with zero attached hydrogens (tertiary/aromatic N) is 2. The highest BCUT2D eigenvalue weighted by molar-refractivity contribution is 6.23. The molecule has 1 unspecified atom stereocenters. The Balaban J connectivity index is 1.98. The van der Waals surface area contributed by atoms with Gasteiger partial charge in [0.05, 0.1) is 18.4 Å². The predicted molar refractivity (Wildman–Crippen MR) is 96.5 cm³/mol. The van der Waals surface area contributed by atoms with Gasteiger partial charge in [-0.1, -0.05) is 6.92 Å². The van der Waals surface area contributed by atoms with Crippen LogP contribution in [0.3, 0.4) is 0 Å². The smallest absolute Gasteiger partial charge is 0.290 e. The molecule has 1 aromatic carbocycles. The van der Waals surface area contributed by atoms with E-state index in [1.165, 1.54) is 41.5 Å². The Bertz CT molecular complexity index is 859. The second kappa shape index (κ2) is 6.98. The van der Waals surface area contributed by atoms with Gasteiger partial charge in [-0.25, -0.2) is 9.29 Å². The number of furan rings is 1. The highest BCUT2D eigenvalue weighted by Crippen LogP contribution is 2.32. The number of rotatable bonds is 5. The molecule has 0 spiro atoms. The van der Waals surface area contributed by atoms with Crippen LogP contribution in [0.2, 0.25) is 0 Å². The number of amides is 3. The molecule has 2 aromatic rings. The molecule has 1 atom stereocenters. The van der Waals surface area contributed by atoms with E-state index >= 15 is 0 Å². The zero-order valence-corrected chi connectivity index (χ0v) is 15.4. The zero-order valence-electron chi connectivity index (χ0n) is 15.4. The molecule has 1 aliphatic heterocycles. The van der Waals surface area contributed by atoms with Gasteiger partial charge >= 0.3 is 0 Å². The highest BCUT2D eigenvalue weighted by Gasteiger charge is 2.48. The van der Waals surface area contributed by atoms with E-state index in [0.717, 1.165) is 4.90 Å². The van der Waals surface area contributed by atoms with E-state index in [1.54, 1.807) is 6.07 Å². The van der Waals surface area contributed by atoms with Crippen molar-refractivity contribution in [3.63, 3.8) is 0 Å². The van der Waals surface area contributed by atoms with Crippen molar-refractivity contribution in [2.45, 2.75) is 45.2 Å². The minimum Gasteiger partial charge on any atom is -0.459 e. The molecule has 3 rings (SSSR count). The molecule has 1 fully saturated rings. The van der Waals surface area contributed by atoms with Crippen LogP contribution in [-0.4, -0.2) is 34.2 Å². The van der Waals surface area contributed by atoms with E-state index in [4.69, 9.17) is 4.42 Å². The first kappa shape index (κ1) is 18.8. The highest BCUT2D eigenvalue weighted by atomic mass is 19.1. The molecule has 0 aliphatic carbocycles. The van der Waals surface area contributed by atoms with Crippen LogP contribution in [0.25, 0.3) is 0 Å². The third-order valence-corrected chi connectivity index (χ3v) is 4.99. The number of imide groups is 1. The van der Waals surface area contributed by atoms with Gasteiger partial charge in [0.1, 0.15) is 11.9 Å². The molecule has 0 radical (unpaired) electrons. The first-order chi connectivity index (χ1) is 12.8. The summed E-state index contributed by atoms with van der Waals surface area (Å²) in [6.07, 6.45) is 1.83. The van der Waals surface area contributed by atoms with Gasteiger partial charge in [-0.05, 0) is 56.7 Å². The third kappa shape index (κ3) is 3.37. The summed E-state index contributed by atoms with van der Waals surface area (Å²) in [5.41, 5.74) is -0.392. The quantitative estimate of drug-likeness (QED) is 0.755. The lowest BCUT2D eigenvalue weighted by Gasteiger charge is -2.40. The van der Waals surface area contributed by atoms with Crippen molar-refractivity contribution in [3.8, 4) is 0 Å². The standard InChI is InChI=1S/C20H21FN2O4/c1-4-20(2,3)23(19(26)16-6-5-11-27-16)15-12-17(24)22(18(15)25)14-9-7-13(21)8-10-14/h5-11,15H,4,12H2,1-3H3.